The Morgan fingerprint density at radius 1 is 1.17 bits per heavy atom. The van der Waals surface area contributed by atoms with Crippen LogP contribution in [-0.4, -0.2) is 15.6 Å². The molecule has 2 aromatic rings. The van der Waals surface area contributed by atoms with Crippen LogP contribution < -0.4 is 4.74 Å². The molecule has 1 saturated carbocycles. The molecule has 3 nitrogen and oxygen atoms in total. The second-order valence-corrected chi connectivity index (χ2v) is 8.54. The molecule has 2 aliphatic rings. The highest BCUT2D eigenvalue weighted by Crippen LogP contribution is 2.47. The normalized spacial score (nSPS) is 18.6. The second-order valence-electron chi connectivity index (χ2n) is 8.54. The minimum Gasteiger partial charge on any atom is -0.485 e. The Kier molecular flexibility index (Phi) is 3.63. The molecule has 3 heterocycles. The Morgan fingerprint density at radius 2 is 2.00 bits per heavy atom. The fourth-order valence-electron chi connectivity index (χ4n) is 3.81. The first-order chi connectivity index (χ1) is 11.4. The molecule has 1 aliphatic heterocycles. The SMILES string of the molecule is CC(C)(C)Cc1cc2c(c(-c3ccccn3)n1)OC1(CCC1)CC2. The number of fused-ring (bicyclic) bond motifs is 1. The Balaban J connectivity index is 1.81. The molecule has 1 fully saturated rings. The first kappa shape index (κ1) is 15.6. The Labute approximate surface area is 144 Å². The summed E-state index contributed by atoms with van der Waals surface area (Å²) in [6.45, 7) is 6.78. The van der Waals surface area contributed by atoms with E-state index in [1.54, 1.807) is 0 Å². The second kappa shape index (κ2) is 5.58. The van der Waals surface area contributed by atoms with E-state index >= 15 is 0 Å². The predicted molar refractivity (Wildman–Crippen MR) is 96.2 cm³/mol. The Morgan fingerprint density at radius 3 is 2.62 bits per heavy atom. The molecule has 1 spiro atoms. The fourth-order valence-corrected chi connectivity index (χ4v) is 3.81. The summed E-state index contributed by atoms with van der Waals surface area (Å²) in [5.41, 5.74) is 4.59. The van der Waals surface area contributed by atoms with Gasteiger partial charge in [0.25, 0.3) is 0 Å². The van der Waals surface area contributed by atoms with Crippen LogP contribution in [0.3, 0.4) is 0 Å². The molecule has 3 heteroatoms. The molecule has 0 N–H and O–H groups in total. The average molecular weight is 322 g/mol. The number of aromatic nitrogens is 2. The molecule has 2 aromatic heterocycles. The number of ether oxygens (including phenoxy) is 1. The van der Waals surface area contributed by atoms with E-state index in [1.807, 2.05) is 24.4 Å². The molecule has 1 aliphatic carbocycles. The number of rotatable bonds is 2. The van der Waals surface area contributed by atoms with Crippen molar-refractivity contribution in [2.75, 3.05) is 0 Å². The summed E-state index contributed by atoms with van der Waals surface area (Å²) in [6, 6.07) is 8.27. The van der Waals surface area contributed by atoms with E-state index in [-0.39, 0.29) is 11.0 Å². The molecule has 4 rings (SSSR count). The zero-order valence-corrected chi connectivity index (χ0v) is 14.9. The Bertz CT molecular complexity index is 742. The van der Waals surface area contributed by atoms with E-state index in [9.17, 15) is 0 Å². The van der Waals surface area contributed by atoms with E-state index in [1.165, 1.54) is 24.8 Å². The lowest BCUT2D eigenvalue weighted by molar-refractivity contribution is -0.0247. The quantitative estimate of drug-likeness (QED) is 0.782. The van der Waals surface area contributed by atoms with Crippen molar-refractivity contribution in [3.8, 4) is 17.1 Å². The minimum atomic E-state index is 0.0732. The maximum absolute atomic E-state index is 6.52. The highest BCUT2D eigenvalue weighted by atomic mass is 16.5. The van der Waals surface area contributed by atoms with Gasteiger partial charge in [0, 0.05) is 11.9 Å². The molecule has 0 bridgehead atoms. The van der Waals surface area contributed by atoms with E-state index in [0.29, 0.717) is 0 Å². The van der Waals surface area contributed by atoms with Gasteiger partial charge in [-0.3, -0.25) is 4.98 Å². The zero-order chi connectivity index (χ0) is 16.8. The van der Waals surface area contributed by atoms with Crippen molar-refractivity contribution in [1.29, 1.82) is 0 Å². The monoisotopic (exact) mass is 322 g/mol. The zero-order valence-electron chi connectivity index (χ0n) is 14.9. The summed E-state index contributed by atoms with van der Waals surface area (Å²) in [7, 11) is 0. The van der Waals surface area contributed by atoms with Crippen molar-refractivity contribution in [2.24, 2.45) is 5.41 Å². The number of pyridine rings is 2. The molecule has 0 unspecified atom stereocenters. The molecule has 0 radical (unpaired) electrons. The molecule has 24 heavy (non-hydrogen) atoms. The van der Waals surface area contributed by atoms with Gasteiger partial charge in [-0.15, -0.1) is 0 Å². The van der Waals surface area contributed by atoms with Crippen LogP contribution in [0.2, 0.25) is 0 Å². The lowest BCUT2D eigenvalue weighted by atomic mass is 9.74. The van der Waals surface area contributed by atoms with Gasteiger partial charge in [0.15, 0.2) is 5.75 Å². The number of hydrogen-bond acceptors (Lipinski definition) is 3. The predicted octanol–water partition coefficient (Wildman–Crippen LogP) is 4.98. The molecular weight excluding hydrogens is 296 g/mol. The van der Waals surface area contributed by atoms with Gasteiger partial charge in [0.05, 0.1) is 5.69 Å². The summed E-state index contributed by atoms with van der Waals surface area (Å²) >= 11 is 0. The maximum atomic E-state index is 6.52. The van der Waals surface area contributed by atoms with Gasteiger partial charge in [0.1, 0.15) is 11.3 Å². The Hall–Kier alpha value is -1.90. The largest absolute Gasteiger partial charge is 0.485 e. The molecule has 126 valence electrons. The van der Waals surface area contributed by atoms with Gasteiger partial charge in [0.2, 0.25) is 0 Å². The van der Waals surface area contributed by atoms with Crippen molar-refractivity contribution in [2.45, 2.75) is 64.9 Å². The van der Waals surface area contributed by atoms with Gasteiger partial charge in [-0.05, 0) is 67.7 Å². The third kappa shape index (κ3) is 2.92. The first-order valence-electron chi connectivity index (χ1n) is 9.07. The van der Waals surface area contributed by atoms with Gasteiger partial charge < -0.3 is 4.74 Å². The highest BCUT2D eigenvalue weighted by Gasteiger charge is 2.43. The van der Waals surface area contributed by atoms with Crippen molar-refractivity contribution in [3.05, 3.63) is 41.7 Å². The van der Waals surface area contributed by atoms with E-state index in [2.05, 4.69) is 31.8 Å². The van der Waals surface area contributed by atoms with E-state index < -0.39 is 0 Å². The summed E-state index contributed by atoms with van der Waals surface area (Å²) in [6.07, 6.45) is 8.67. The topological polar surface area (TPSA) is 35.0 Å². The first-order valence-corrected chi connectivity index (χ1v) is 9.07. The van der Waals surface area contributed by atoms with Gasteiger partial charge in [-0.25, -0.2) is 4.98 Å². The number of aryl methyl sites for hydroxylation is 1. The van der Waals surface area contributed by atoms with Crippen LogP contribution >= 0.6 is 0 Å². The number of nitrogens with zero attached hydrogens (tertiary/aromatic N) is 2. The smallest absolute Gasteiger partial charge is 0.151 e. The van der Waals surface area contributed by atoms with Crippen LogP contribution in [0.1, 0.15) is 57.7 Å². The van der Waals surface area contributed by atoms with Gasteiger partial charge in [-0.1, -0.05) is 26.8 Å². The minimum absolute atomic E-state index is 0.0732. The van der Waals surface area contributed by atoms with Crippen LogP contribution in [-0.2, 0) is 12.8 Å². The van der Waals surface area contributed by atoms with Crippen LogP contribution in [0.25, 0.3) is 11.4 Å². The van der Waals surface area contributed by atoms with Crippen molar-refractivity contribution >= 4 is 0 Å². The third-order valence-corrected chi connectivity index (χ3v) is 5.16. The van der Waals surface area contributed by atoms with Crippen LogP contribution in [0.15, 0.2) is 30.5 Å². The standard InChI is InChI=1S/C21H26N2O/c1-20(2,3)14-16-13-15-8-11-21(9-6-10-21)24-19(15)18(23-16)17-7-4-5-12-22-17/h4-5,7,12-13H,6,8-11,14H2,1-3H3. The van der Waals surface area contributed by atoms with Crippen LogP contribution in [0.4, 0.5) is 0 Å². The lowest BCUT2D eigenvalue weighted by Gasteiger charge is -2.45. The summed E-state index contributed by atoms with van der Waals surface area (Å²) in [4.78, 5) is 9.52. The van der Waals surface area contributed by atoms with Crippen molar-refractivity contribution in [3.63, 3.8) is 0 Å². The summed E-state index contributed by atoms with van der Waals surface area (Å²) in [5, 5.41) is 0. The molecule has 0 amide bonds. The maximum Gasteiger partial charge on any atom is 0.151 e. The van der Waals surface area contributed by atoms with Gasteiger partial charge in [-0.2, -0.15) is 0 Å². The fraction of sp³-hybridized carbons (Fsp3) is 0.524. The summed E-state index contributed by atoms with van der Waals surface area (Å²) < 4.78 is 6.52. The van der Waals surface area contributed by atoms with E-state index in [4.69, 9.17) is 9.72 Å². The van der Waals surface area contributed by atoms with Crippen molar-refractivity contribution < 1.29 is 4.74 Å². The molecule has 0 atom stereocenters. The lowest BCUT2D eigenvalue weighted by Crippen LogP contribution is -2.46. The average Bonchev–Trinajstić information content (AvgIpc) is 2.51. The van der Waals surface area contributed by atoms with E-state index in [0.717, 1.165) is 42.1 Å². The molecular formula is C21H26N2O. The van der Waals surface area contributed by atoms with Crippen molar-refractivity contribution in [1.82, 2.24) is 9.97 Å². The van der Waals surface area contributed by atoms with Crippen LogP contribution in [0.5, 0.6) is 5.75 Å². The van der Waals surface area contributed by atoms with Gasteiger partial charge >= 0.3 is 0 Å². The third-order valence-electron chi connectivity index (χ3n) is 5.16. The van der Waals surface area contributed by atoms with Crippen LogP contribution in [0, 0.1) is 5.41 Å². The highest BCUT2D eigenvalue weighted by molar-refractivity contribution is 5.66. The molecule has 0 aromatic carbocycles. The number of hydrogen-bond donors (Lipinski definition) is 0. The molecule has 0 saturated heterocycles. The summed E-state index contributed by atoms with van der Waals surface area (Å²) in [5.74, 6) is 0.984.